The van der Waals surface area contributed by atoms with Crippen molar-refractivity contribution >= 4 is 27.7 Å². The fourth-order valence-electron chi connectivity index (χ4n) is 4.22. The van der Waals surface area contributed by atoms with Crippen LogP contribution in [0, 0.1) is 0 Å². The van der Waals surface area contributed by atoms with Crippen LogP contribution in [0.3, 0.4) is 0 Å². The fraction of sp³-hybridized carbons (Fsp3) is 0.545. The molecule has 1 aromatic rings. The highest BCUT2D eigenvalue weighted by Crippen LogP contribution is 2.22. The maximum Gasteiger partial charge on any atom is 0.251 e. The molecule has 2 saturated heterocycles. The summed E-state index contributed by atoms with van der Waals surface area (Å²) in [6.45, 7) is 1.78. The van der Waals surface area contributed by atoms with Gasteiger partial charge in [0.15, 0.2) is 9.84 Å². The van der Waals surface area contributed by atoms with Crippen molar-refractivity contribution in [3.63, 3.8) is 0 Å². The van der Waals surface area contributed by atoms with Crippen LogP contribution in [0.15, 0.2) is 30.3 Å². The summed E-state index contributed by atoms with van der Waals surface area (Å²) in [4.78, 5) is 26.7. The number of carbonyl (C=O) groups excluding carboxylic acids is 2. The van der Waals surface area contributed by atoms with Gasteiger partial charge < -0.3 is 10.6 Å². The van der Waals surface area contributed by atoms with Gasteiger partial charge in [-0.05, 0) is 62.5 Å². The van der Waals surface area contributed by atoms with Crippen molar-refractivity contribution in [3.8, 4) is 0 Å². The number of likely N-dealkylation sites (tertiary alicyclic amines) is 1. The summed E-state index contributed by atoms with van der Waals surface area (Å²) < 4.78 is 24.4. The third kappa shape index (κ3) is 5.49. The Morgan fingerprint density at radius 1 is 0.967 bits per heavy atom. The molecule has 3 fully saturated rings. The number of amides is 2. The summed E-state index contributed by atoms with van der Waals surface area (Å²) in [6, 6.07) is 6.87. The molecule has 162 valence electrons. The van der Waals surface area contributed by atoms with E-state index in [2.05, 4.69) is 15.5 Å². The summed E-state index contributed by atoms with van der Waals surface area (Å²) >= 11 is 0. The van der Waals surface area contributed by atoms with E-state index in [-0.39, 0.29) is 35.4 Å². The SMILES string of the molecule is O=C(C=Cc1ccc(C(=O)NC2CC2)cc1)NC1CS(=O)(=O)CC1N1CCCCC1. The zero-order valence-corrected chi connectivity index (χ0v) is 17.9. The topological polar surface area (TPSA) is 95.6 Å². The standard InChI is InChI=1S/C22H29N3O4S/c26-21(11-6-16-4-7-17(8-5-16)22(27)23-18-9-10-18)24-19-14-30(28,29)15-20(19)25-12-2-1-3-13-25/h4-8,11,18-20H,1-3,9-10,12-15H2,(H,23,27)(H,24,26). The van der Waals surface area contributed by atoms with Crippen LogP contribution in [0.5, 0.6) is 0 Å². The van der Waals surface area contributed by atoms with Crippen molar-refractivity contribution in [1.82, 2.24) is 15.5 Å². The minimum Gasteiger partial charge on any atom is -0.349 e. The van der Waals surface area contributed by atoms with E-state index in [1.807, 2.05) is 0 Å². The molecule has 0 aromatic heterocycles. The van der Waals surface area contributed by atoms with Crippen LogP contribution < -0.4 is 10.6 Å². The molecule has 1 saturated carbocycles. The summed E-state index contributed by atoms with van der Waals surface area (Å²) in [5.74, 6) is -0.253. The van der Waals surface area contributed by atoms with E-state index in [0.29, 0.717) is 11.6 Å². The third-order valence-corrected chi connectivity index (χ3v) is 7.74. The largest absolute Gasteiger partial charge is 0.349 e. The Hall–Kier alpha value is -2.19. The molecule has 2 N–H and O–H groups in total. The van der Waals surface area contributed by atoms with E-state index < -0.39 is 9.84 Å². The Morgan fingerprint density at radius 2 is 1.67 bits per heavy atom. The molecule has 2 unspecified atom stereocenters. The lowest BCUT2D eigenvalue weighted by Crippen LogP contribution is -2.52. The molecular formula is C22H29N3O4S. The predicted octanol–water partition coefficient (Wildman–Crippen LogP) is 1.36. The van der Waals surface area contributed by atoms with Gasteiger partial charge in [0.1, 0.15) is 0 Å². The number of piperidine rings is 1. The van der Waals surface area contributed by atoms with E-state index in [1.54, 1.807) is 30.3 Å². The Labute approximate surface area is 177 Å². The van der Waals surface area contributed by atoms with Crippen molar-refractivity contribution < 1.29 is 18.0 Å². The van der Waals surface area contributed by atoms with Gasteiger partial charge in [0, 0.05) is 23.7 Å². The summed E-state index contributed by atoms with van der Waals surface area (Å²) in [6.07, 6.45) is 8.52. The number of benzene rings is 1. The average molecular weight is 432 g/mol. The first-order valence-electron chi connectivity index (χ1n) is 10.7. The molecule has 1 aromatic carbocycles. The minimum absolute atomic E-state index is 0.00144. The Kier molecular flexibility index (Phi) is 6.24. The smallest absolute Gasteiger partial charge is 0.251 e. The Balaban J connectivity index is 1.34. The van der Waals surface area contributed by atoms with Crippen LogP contribution in [-0.2, 0) is 14.6 Å². The molecule has 1 aliphatic carbocycles. The number of sulfone groups is 1. The first kappa shape index (κ1) is 21.1. The quantitative estimate of drug-likeness (QED) is 0.663. The second-order valence-electron chi connectivity index (χ2n) is 8.56. The monoisotopic (exact) mass is 431 g/mol. The van der Waals surface area contributed by atoms with E-state index in [1.165, 1.54) is 12.5 Å². The van der Waals surface area contributed by atoms with Gasteiger partial charge in [0.25, 0.3) is 5.91 Å². The lowest BCUT2D eigenvalue weighted by molar-refractivity contribution is -0.117. The number of carbonyl (C=O) groups is 2. The second kappa shape index (κ2) is 8.89. The maximum absolute atomic E-state index is 12.4. The van der Waals surface area contributed by atoms with Crippen molar-refractivity contribution in [2.24, 2.45) is 0 Å². The van der Waals surface area contributed by atoms with Gasteiger partial charge in [-0.3, -0.25) is 14.5 Å². The molecule has 0 radical (unpaired) electrons. The fourth-order valence-corrected chi connectivity index (χ4v) is 6.17. The van der Waals surface area contributed by atoms with Gasteiger partial charge in [-0.1, -0.05) is 18.6 Å². The third-order valence-electron chi connectivity index (χ3n) is 6.02. The number of nitrogens with zero attached hydrogens (tertiary/aromatic N) is 1. The normalized spacial score (nSPS) is 26.5. The van der Waals surface area contributed by atoms with Crippen LogP contribution in [0.1, 0.15) is 48.0 Å². The molecule has 2 amide bonds. The highest BCUT2D eigenvalue weighted by atomic mass is 32.2. The highest BCUT2D eigenvalue weighted by molar-refractivity contribution is 7.91. The van der Waals surface area contributed by atoms with Crippen molar-refractivity contribution in [3.05, 3.63) is 41.5 Å². The van der Waals surface area contributed by atoms with Crippen molar-refractivity contribution in [1.29, 1.82) is 0 Å². The van der Waals surface area contributed by atoms with Gasteiger partial charge in [0.05, 0.1) is 17.5 Å². The molecule has 0 bridgehead atoms. The van der Waals surface area contributed by atoms with Crippen LogP contribution in [0.4, 0.5) is 0 Å². The average Bonchev–Trinajstić information content (AvgIpc) is 3.49. The number of hydrogen-bond donors (Lipinski definition) is 2. The zero-order valence-electron chi connectivity index (χ0n) is 17.0. The van der Waals surface area contributed by atoms with Crippen LogP contribution in [-0.4, -0.2) is 67.9 Å². The molecule has 3 aliphatic rings. The van der Waals surface area contributed by atoms with Gasteiger partial charge in [0.2, 0.25) is 5.91 Å². The van der Waals surface area contributed by atoms with E-state index >= 15 is 0 Å². The van der Waals surface area contributed by atoms with Gasteiger partial charge in [-0.15, -0.1) is 0 Å². The van der Waals surface area contributed by atoms with Crippen molar-refractivity contribution in [2.75, 3.05) is 24.6 Å². The van der Waals surface area contributed by atoms with Gasteiger partial charge in [-0.2, -0.15) is 0 Å². The Morgan fingerprint density at radius 3 is 2.33 bits per heavy atom. The minimum atomic E-state index is -3.14. The molecule has 8 heteroatoms. The lowest BCUT2D eigenvalue weighted by atomic mass is 10.0. The number of rotatable bonds is 6. The molecule has 7 nitrogen and oxygen atoms in total. The van der Waals surface area contributed by atoms with E-state index in [9.17, 15) is 18.0 Å². The van der Waals surface area contributed by atoms with Gasteiger partial charge >= 0.3 is 0 Å². The lowest BCUT2D eigenvalue weighted by Gasteiger charge is -2.34. The predicted molar refractivity (Wildman–Crippen MR) is 116 cm³/mol. The summed E-state index contributed by atoms with van der Waals surface area (Å²) in [7, 11) is -3.14. The molecule has 2 atom stereocenters. The van der Waals surface area contributed by atoms with Gasteiger partial charge in [-0.25, -0.2) is 8.42 Å². The summed E-state index contributed by atoms with van der Waals surface area (Å²) in [5, 5.41) is 5.84. The highest BCUT2D eigenvalue weighted by Gasteiger charge is 2.41. The van der Waals surface area contributed by atoms with E-state index in [0.717, 1.165) is 44.3 Å². The van der Waals surface area contributed by atoms with Crippen LogP contribution in [0.25, 0.3) is 6.08 Å². The molecule has 0 spiro atoms. The van der Waals surface area contributed by atoms with Crippen molar-refractivity contribution in [2.45, 2.75) is 50.2 Å². The molecule has 2 heterocycles. The molecular weight excluding hydrogens is 402 g/mol. The first-order valence-corrected chi connectivity index (χ1v) is 12.6. The molecule has 4 rings (SSSR count). The first-order chi connectivity index (χ1) is 14.4. The van der Waals surface area contributed by atoms with Crippen LogP contribution >= 0.6 is 0 Å². The van der Waals surface area contributed by atoms with Crippen LogP contribution in [0.2, 0.25) is 0 Å². The maximum atomic E-state index is 12.4. The van der Waals surface area contributed by atoms with E-state index in [4.69, 9.17) is 0 Å². The second-order valence-corrected chi connectivity index (χ2v) is 10.7. The number of hydrogen-bond acceptors (Lipinski definition) is 5. The molecule has 2 aliphatic heterocycles. The Bertz CT molecular complexity index is 916. The zero-order chi connectivity index (χ0) is 21.1. The molecule has 30 heavy (non-hydrogen) atoms. The summed E-state index contributed by atoms with van der Waals surface area (Å²) in [5.41, 5.74) is 1.41. The number of nitrogens with one attached hydrogen (secondary N) is 2.